The number of aryl methyl sites for hydroxylation is 1. The van der Waals surface area contributed by atoms with Crippen LogP contribution in [0.25, 0.3) is 22.1 Å². The van der Waals surface area contributed by atoms with Crippen LogP contribution in [-0.2, 0) is 0 Å². The molecule has 0 aliphatic heterocycles. The van der Waals surface area contributed by atoms with E-state index < -0.39 is 0 Å². The highest BCUT2D eigenvalue weighted by atomic mass is 16.3. The second kappa shape index (κ2) is 3.73. The molecule has 0 fully saturated rings. The smallest absolute Gasteiger partial charge is 0.227 e. The van der Waals surface area contributed by atoms with Gasteiger partial charge in [0.2, 0.25) is 5.71 Å². The van der Waals surface area contributed by atoms with E-state index in [-0.39, 0.29) is 0 Å². The van der Waals surface area contributed by atoms with Crippen LogP contribution in [0, 0.1) is 6.92 Å². The number of nitrogens with two attached hydrogens (primary N) is 1. The second-order valence-electron chi connectivity index (χ2n) is 5.02. The van der Waals surface area contributed by atoms with Gasteiger partial charge in [0.1, 0.15) is 0 Å². The molecule has 0 spiro atoms. The number of pyridine rings is 1. The summed E-state index contributed by atoms with van der Waals surface area (Å²) in [5.41, 5.74) is 10.3. The first-order valence-electron chi connectivity index (χ1n) is 6.16. The summed E-state index contributed by atoms with van der Waals surface area (Å²) in [5, 5.41) is 2.07. The maximum absolute atomic E-state index is 6.06. The van der Waals surface area contributed by atoms with Crippen LogP contribution in [0.15, 0.2) is 28.7 Å². The van der Waals surface area contributed by atoms with E-state index in [9.17, 15) is 0 Å². The lowest BCUT2D eigenvalue weighted by Gasteiger charge is -2.02. The molecule has 0 aliphatic carbocycles. The molecule has 0 atom stereocenters. The van der Waals surface area contributed by atoms with E-state index in [4.69, 9.17) is 10.2 Å². The van der Waals surface area contributed by atoms with Crippen molar-refractivity contribution in [2.24, 2.45) is 0 Å². The Morgan fingerprint density at radius 1 is 1.11 bits per heavy atom. The number of hydrogen-bond donors (Lipinski definition) is 1. The van der Waals surface area contributed by atoms with Crippen molar-refractivity contribution in [3.63, 3.8) is 0 Å². The third kappa shape index (κ3) is 1.47. The molecule has 2 N–H and O–H groups in total. The Bertz CT molecular complexity index is 741. The normalized spacial score (nSPS) is 11.8. The fraction of sp³-hybridized carbons (Fsp3) is 0.267. The Morgan fingerprint density at radius 3 is 2.56 bits per heavy atom. The molecule has 18 heavy (non-hydrogen) atoms. The van der Waals surface area contributed by atoms with E-state index in [1.54, 1.807) is 0 Å². The molecular formula is C15H16N2O. The Morgan fingerprint density at radius 2 is 1.83 bits per heavy atom. The molecule has 0 saturated heterocycles. The Balaban J connectivity index is 2.39. The zero-order valence-corrected chi connectivity index (χ0v) is 10.8. The molecule has 0 saturated carbocycles. The maximum atomic E-state index is 6.06. The summed E-state index contributed by atoms with van der Waals surface area (Å²) in [7, 11) is 0. The molecule has 3 aromatic rings. The molecule has 0 bridgehead atoms. The number of anilines is 1. The summed E-state index contributed by atoms with van der Waals surface area (Å²) in [5.74, 6) is 0.390. The number of nitrogen functional groups attached to an aromatic ring is 1. The van der Waals surface area contributed by atoms with Gasteiger partial charge in [-0.25, -0.2) is 4.98 Å². The fourth-order valence-electron chi connectivity index (χ4n) is 2.18. The van der Waals surface area contributed by atoms with Crippen LogP contribution in [0.3, 0.4) is 0 Å². The van der Waals surface area contributed by atoms with Crippen molar-refractivity contribution in [1.29, 1.82) is 0 Å². The van der Waals surface area contributed by atoms with Crippen molar-refractivity contribution in [2.75, 3.05) is 5.73 Å². The van der Waals surface area contributed by atoms with E-state index in [2.05, 4.69) is 31.0 Å². The van der Waals surface area contributed by atoms with E-state index in [0.717, 1.165) is 27.6 Å². The van der Waals surface area contributed by atoms with Gasteiger partial charge in [-0.15, -0.1) is 0 Å². The average molecular weight is 240 g/mol. The highest BCUT2D eigenvalue weighted by Crippen LogP contribution is 2.33. The van der Waals surface area contributed by atoms with Crippen molar-refractivity contribution in [3.8, 4) is 0 Å². The van der Waals surface area contributed by atoms with Crippen LogP contribution >= 0.6 is 0 Å². The van der Waals surface area contributed by atoms with Crippen molar-refractivity contribution < 1.29 is 4.42 Å². The first-order chi connectivity index (χ1) is 8.58. The van der Waals surface area contributed by atoms with Crippen LogP contribution < -0.4 is 5.73 Å². The van der Waals surface area contributed by atoms with Crippen LogP contribution in [0.4, 0.5) is 5.69 Å². The lowest BCUT2D eigenvalue weighted by molar-refractivity contribution is 0.648. The molecule has 1 aromatic carbocycles. The lowest BCUT2D eigenvalue weighted by atomic mass is 10.1. The molecule has 0 unspecified atom stereocenters. The van der Waals surface area contributed by atoms with Gasteiger partial charge in [-0.1, -0.05) is 26.0 Å². The number of hydrogen-bond acceptors (Lipinski definition) is 3. The van der Waals surface area contributed by atoms with Crippen molar-refractivity contribution in [3.05, 3.63) is 35.5 Å². The predicted molar refractivity (Wildman–Crippen MR) is 74.8 cm³/mol. The third-order valence-electron chi connectivity index (χ3n) is 3.38. The van der Waals surface area contributed by atoms with Gasteiger partial charge in [0.15, 0.2) is 5.58 Å². The van der Waals surface area contributed by atoms with E-state index in [0.29, 0.717) is 17.3 Å². The highest BCUT2D eigenvalue weighted by Gasteiger charge is 2.13. The summed E-state index contributed by atoms with van der Waals surface area (Å²) in [4.78, 5) is 4.56. The molecule has 0 amide bonds. The maximum Gasteiger partial charge on any atom is 0.227 e. The number of aromatic nitrogens is 1. The topological polar surface area (TPSA) is 52.0 Å². The van der Waals surface area contributed by atoms with Gasteiger partial charge in [0.05, 0.1) is 5.69 Å². The first kappa shape index (κ1) is 11.1. The van der Waals surface area contributed by atoms with Gasteiger partial charge in [0.25, 0.3) is 0 Å². The Hall–Kier alpha value is -2.03. The number of fused-ring (bicyclic) bond motifs is 3. The number of nitrogens with zero attached hydrogens (tertiary/aromatic N) is 1. The van der Waals surface area contributed by atoms with E-state index in [1.807, 2.05) is 19.1 Å². The van der Waals surface area contributed by atoms with Crippen LogP contribution in [-0.4, -0.2) is 4.98 Å². The minimum absolute atomic E-state index is 0.390. The first-order valence-corrected chi connectivity index (χ1v) is 6.16. The zero-order valence-electron chi connectivity index (χ0n) is 10.8. The van der Waals surface area contributed by atoms with Gasteiger partial charge in [-0.3, -0.25) is 0 Å². The molecule has 2 heterocycles. The third-order valence-corrected chi connectivity index (χ3v) is 3.38. The minimum Gasteiger partial charge on any atom is -0.436 e. The van der Waals surface area contributed by atoms with Crippen LogP contribution in [0.1, 0.15) is 31.0 Å². The summed E-state index contributed by atoms with van der Waals surface area (Å²) >= 11 is 0. The van der Waals surface area contributed by atoms with E-state index >= 15 is 0 Å². The number of furan rings is 1. The SMILES string of the molecule is Cc1ccc2c(oc3nc(C(C)C)ccc32)c1N. The zero-order chi connectivity index (χ0) is 12.9. The van der Waals surface area contributed by atoms with Crippen molar-refractivity contribution in [1.82, 2.24) is 4.98 Å². The summed E-state index contributed by atoms with van der Waals surface area (Å²) in [6.45, 7) is 6.22. The number of benzene rings is 1. The van der Waals surface area contributed by atoms with Gasteiger partial charge in [-0.05, 0) is 30.5 Å². The molecule has 3 nitrogen and oxygen atoms in total. The molecule has 3 heteroatoms. The minimum atomic E-state index is 0.390. The molecule has 0 radical (unpaired) electrons. The highest BCUT2D eigenvalue weighted by molar-refractivity contribution is 6.07. The van der Waals surface area contributed by atoms with Gasteiger partial charge in [0, 0.05) is 16.5 Å². The molecular weight excluding hydrogens is 224 g/mol. The number of rotatable bonds is 1. The summed E-state index contributed by atoms with van der Waals surface area (Å²) < 4.78 is 5.82. The predicted octanol–water partition coefficient (Wildman–Crippen LogP) is 4.00. The fourth-order valence-corrected chi connectivity index (χ4v) is 2.18. The van der Waals surface area contributed by atoms with Gasteiger partial charge >= 0.3 is 0 Å². The molecule has 92 valence electrons. The van der Waals surface area contributed by atoms with Crippen molar-refractivity contribution >= 4 is 27.8 Å². The molecule has 3 rings (SSSR count). The van der Waals surface area contributed by atoms with E-state index in [1.165, 1.54) is 0 Å². The van der Waals surface area contributed by atoms with Crippen molar-refractivity contribution in [2.45, 2.75) is 26.7 Å². The second-order valence-corrected chi connectivity index (χ2v) is 5.02. The van der Waals surface area contributed by atoms with Crippen LogP contribution in [0.5, 0.6) is 0 Å². The quantitative estimate of drug-likeness (QED) is 0.654. The standard InChI is InChI=1S/C15H16N2O/c1-8(2)12-7-6-11-10-5-4-9(3)13(16)14(10)18-15(11)17-12/h4-8H,16H2,1-3H3. The van der Waals surface area contributed by atoms with Gasteiger partial charge < -0.3 is 10.2 Å². The van der Waals surface area contributed by atoms with Gasteiger partial charge in [-0.2, -0.15) is 0 Å². The average Bonchev–Trinajstić information content (AvgIpc) is 2.72. The molecule has 0 aliphatic rings. The molecule has 2 aromatic heterocycles. The summed E-state index contributed by atoms with van der Waals surface area (Å²) in [6.07, 6.45) is 0. The Kier molecular flexibility index (Phi) is 2.30. The monoisotopic (exact) mass is 240 g/mol. The summed E-state index contributed by atoms with van der Waals surface area (Å²) in [6, 6.07) is 8.18. The Labute approximate surface area is 106 Å². The van der Waals surface area contributed by atoms with Crippen LogP contribution in [0.2, 0.25) is 0 Å². The largest absolute Gasteiger partial charge is 0.436 e. The lowest BCUT2D eigenvalue weighted by Crippen LogP contribution is -1.90.